The van der Waals surface area contributed by atoms with Gasteiger partial charge >= 0.3 is 6.03 Å². The Kier molecular flexibility index (Phi) is 4.97. The van der Waals surface area contributed by atoms with Crippen molar-refractivity contribution in [1.82, 2.24) is 10.2 Å². The van der Waals surface area contributed by atoms with Crippen LogP contribution in [0, 0.1) is 12.3 Å². The summed E-state index contributed by atoms with van der Waals surface area (Å²) >= 11 is 0. The fourth-order valence-corrected chi connectivity index (χ4v) is 4.61. The average molecular weight is 399 g/mol. The van der Waals surface area contributed by atoms with Gasteiger partial charge < -0.3 is 24.1 Å². The number of hydrogen-bond acceptors (Lipinski definition) is 4. The number of carbonyl (C=O) groups excluding carboxylic acids is 1. The number of benzene rings is 1. The van der Waals surface area contributed by atoms with Crippen molar-refractivity contribution in [3.8, 4) is 11.5 Å². The van der Waals surface area contributed by atoms with Gasteiger partial charge in [0.2, 0.25) is 0 Å². The van der Waals surface area contributed by atoms with Gasteiger partial charge in [0, 0.05) is 25.1 Å². The van der Waals surface area contributed by atoms with Crippen molar-refractivity contribution in [2.24, 2.45) is 5.41 Å². The lowest BCUT2D eigenvalue weighted by atomic mass is 9.75. The molecule has 1 aromatic heterocycles. The van der Waals surface area contributed by atoms with Gasteiger partial charge in [0.25, 0.3) is 0 Å². The van der Waals surface area contributed by atoms with Crippen LogP contribution in [0.15, 0.2) is 22.6 Å². The third kappa shape index (κ3) is 3.80. The summed E-state index contributed by atoms with van der Waals surface area (Å²) in [7, 11) is 3.27. The van der Waals surface area contributed by atoms with E-state index in [0.717, 1.165) is 47.7 Å². The molecule has 2 heterocycles. The zero-order valence-corrected chi connectivity index (χ0v) is 17.9. The summed E-state index contributed by atoms with van der Waals surface area (Å²) in [5.41, 5.74) is 3.53. The average Bonchev–Trinajstić information content (AvgIpc) is 3.05. The Bertz CT molecular complexity index is 931. The van der Waals surface area contributed by atoms with E-state index in [9.17, 15) is 4.79 Å². The smallest absolute Gasteiger partial charge is 0.318 e. The molecule has 156 valence electrons. The second kappa shape index (κ2) is 7.32. The number of methoxy groups -OCH3 is 2. The summed E-state index contributed by atoms with van der Waals surface area (Å²) in [4.78, 5) is 15.0. The molecule has 2 aliphatic rings. The highest BCUT2D eigenvalue weighted by Crippen LogP contribution is 2.42. The summed E-state index contributed by atoms with van der Waals surface area (Å²) < 4.78 is 16.7. The zero-order valence-electron chi connectivity index (χ0n) is 17.9. The van der Waals surface area contributed by atoms with Gasteiger partial charge in [0.05, 0.1) is 20.3 Å². The van der Waals surface area contributed by atoms with Crippen molar-refractivity contribution >= 4 is 6.03 Å². The zero-order chi connectivity index (χ0) is 20.8. The topological polar surface area (TPSA) is 63.9 Å². The van der Waals surface area contributed by atoms with Crippen LogP contribution in [0.25, 0.3) is 0 Å². The van der Waals surface area contributed by atoms with Gasteiger partial charge in [-0.25, -0.2) is 4.79 Å². The minimum absolute atomic E-state index is 0.0227. The minimum atomic E-state index is -0.0297. The molecule has 2 aromatic rings. The number of urea groups is 1. The molecule has 0 radical (unpaired) electrons. The lowest BCUT2D eigenvalue weighted by Crippen LogP contribution is -2.45. The van der Waals surface area contributed by atoms with Gasteiger partial charge in [-0.05, 0) is 54.5 Å². The van der Waals surface area contributed by atoms with Crippen LogP contribution < -0.4 is 14.8 Å². The number of aryl methyl sites for hydroxylation is 1. The monoisotopic (exact) mass is 398 g/mol. The highest BCUT2D eigenvalue weighted by molar-refractivity contribution is 5.75. The van der Waals surface area contributed by atoms with E-state index in [0.29, 0.717) is 18.8 Å². The first kappa shape index (κ1) is 19.7. The van der Waals surface area contributed by atoms with E-state index in [1.54, 1.807) is 14.2 Å². The predicted molar refractivity (Wildman–Crippen MR) is 110 cm³/mol. The Balaban J connectivity index is 1.52. The molecular formula is C23H30N2O4. The standard InChI is InChI=1S/C23H30N2O4/c1-14-8-17-18(11-23(2,3)12-21(17)29-14)24-22(26)25-7-6-15-9-19(27-4)20(28-5)10-16(15)13-25/h8-10,18H,6-7,11-13H2,1-5H3,(H,24,26). The molecule has 1 unspecified atom stereocenters. The quantitative estimate of drug-likeness (QED) is 0.833. The van der Waals surface area contributed by atoms with Crippen LogP contribution in [0.3, 0.4) is 0 Å². The van der Waals surface area contributed by atoms with Crippen molar-refractivity contribution in [3.05, 3.63) is 46.4 Å². The Morgan fingerprint density at radius 1 is 1.17 bits per heavy atom. The fraction of sp³-hybridized carbons (Fsp3) is 0.522. The number of rotatable bonds is 3. The third-order valence-electron chi connectivity index (χ3n) is 6.04. The number of amides is 2. The molecule has 1 aliphatic carbocycles. The molecule has 1 aliphatic heterocycles. The van der Waals surface area contributed by atoms with Crippen molar-refractivity contribution in [2.45, 2.75) is 52.6 Å². The molecule has 0 saturated heterocycles. The van der Waals surface area contributed by atoms with Crippen molar-refractivity contribution in [1.29, 1.82) is 0 Å². The van der Waals surface area contributed by atoms with Gasteiger partial charge in [0.1, 0.15) is 11.5 Å². The van der Waals surface area contributed by atoms with Crippen LogP contribution in [-0.2, 0) is 19.4 Å². The maximum atomic E-state index is 13.1. The van der Waals surface area contributed by atoms with Gasteiger partial charge in [-0.1, -0.05) is 13.8 Å². The number of fused-ring (bicyclic) bond motifs is 2. The number of nitrogens with one attached hydrogen (secondary N) is 1. The Morgan fingerprint density at radius 2 is 1.86 bits per heavy atom. The molecule has 0 spiro atoms. The Morgan fingerprint density at radius 3 is 2.55 bits per heavy atom. The van der Waals surface area contributed by atoms with Crippen LogP contribution in [0.5, 0.6) is 11.5 Å². The predicted octanol–water partition coefficient (Wildman–Crippen LogP) is 4.39. The molecule has 1 atom stereocenters. The summed E-state index contributed by atoms with van der Waals surface area (Å²) in [6.07, 6.45) is 2.61. The molecule has 6 heteroatoms. The molecule has 4 rings (SSSR count). The van der Waals surface area contributed by atoms with Crippen molar-refractivity contribution in [2.75, 3.05) is 20.8 Å². The van der Waals surface area contributed by atoms with E-state index in [-0.39, 0.29) is 17.5 Å². The molecule has 29 heavy (non-hydrogen) atoms. The maximum absolute atomic E-state index is 13.1. The lowest BCUT2D eigenvalue weighted by molar-refractivity contribution is 0.176. The number of carbonyl (C=O) groups is 1. The first-order valence-corrected chi connectivity index (χ1v) is 10.2. The van der Waals surface area contributed by atoms with Gasteiger partial charge in [-0.3, -0.25) is 0 Å². The maximum Gasteiger partial charge on any atom is 0.318 e. The highest BCUT2D eigenvalue weighted by Gasteiger charge is 2.36. The van der Waals surface area contributed by atoms with E-state index >= 15 is 0 Å². The van der Waals surface area contributed by atoms with Gasteiger partial charge in [-0.2, -0.15) is 0 Å². The molecule has 6 nitrogen and oxygen atoms in total. The van der Waals surface area contributed by atoms with E-state index < -0.39 is 0 Å². The van der Waals surface area contributed by atoms with Crippen LogP contribution in [0.2, 0.25) is 0 Å². The second-order valence-corrected chi connectivity index (χ2v) is 8.93. The van der Waals surface area contributed by atoms with E-state index in [1.807, 2.05) is 24.0 Å². The van der Waals surface area contributed by atoms with E-state index in [2.05, 4.69) is 25.2 Å². The third-order valence-corrected chi connectivity index (χ3v) is 6.04. The van der Waals surface area contributed by atoms with Gasteiger partial charge in [0.15, 0.2) is 11.5 Å². The van der Waals surface area contributed by atoms with Gasteiger partial charge in [-0.15, -0.1) is 0 Å². The fourth-order valence-electron chi connectivity index (χ4n) is 4.61. The molecule has 1 aromatic carbocycles. The minimum Gasteiger partial charge on any atom is -0.493 e. The summed E-state index contributed by atoms with van der Waals surface area (Å²) in [6.45, 7) is 7.66. The SMILES string of the molecule is COc1cc2c(cc1OC)CN(C(=O)NC1CC(C)(C)Cc3oc(C)cc31)CC2. The summed E-state index contributed by atoms with van der Waals surface area (Å²) in [5, 5.41) is 3.27. The molecule has 0 fully saturated rings. The molecule has 1 N–H and O–H groups in total. The van der Waals surface area contributed by atoms with Crippen LogP contribution in [-0.4, -0.2) is 31.7 Å². The molecule has 2 amide bonds. The Labute approximate surface area is 172 Å². The van der Waals surface area contributed by atoms with Crippen LogP contribution in [0.4, 0.5) is 4.79 Å². The number of furan rings is 1. The molecule has 0 saturated carbocycles. The second-order valence-electron chi connectivity index (χ2n) is 8.93. The van der Waals surface area contributed by atoms with Crippen molar-refractivity contribution in [3.63, 3.8) is 0 Å². The number of ether oxygens (including phenoxy) is 2. The lowest BCUT2D eigenvalue weighted by Gasteiger charge is -2.36. The van der Waals surface area contributed by atoms with Crippen LogP contribution >= 0.6 is 0 Å². The normalized spacial score (nSPS) is 19.9. The summed E-state index contributed by atoms with van der Waals surface area (Å²) in [5.74, 6) is 3.34. The molecule has 0 bridgehead atoms. The van der Waals surface area contributed by atoms with E-state index in [4.69, 9.17) is 13.9 Å². The largest absolute Gasteiger partial charge is 0.493 e. The first-order valence-electron chi connectivity index (χ1n) is 10.2. The van der Waals surface area contributed by atoms with Crippen molar-refractivity contribution < 1.29 is 18.7 Å². The Hall–Kier alpha value is -2.63. The van der Waals surface area contributed by atoms with E-state index in [1.165, 1.54) is 5.56 Å². The number of hydrogen-bond donors (Lipinski definition) is 1. The van der Waals surface area contributed by atoms with Crippen LogP contribution in [0.1, 0.15) is 54.5 Å². The summed E-state index contributed by atoms with van der Waals surface area (Å²) in [6, 6.07) is 6.02. The molecular weight excluding hydrogens is 368 g/mol. The number of nitrogens with zero attached hydrogens (tertiary/aromatic N) is 1. The highest BCUT2D eigenvalue weighted by atomic mass is 16.5. The first-order chi connectivity index (χ1) is 13.8.